The molecule has 1 aliphatic rings. The number of aromatic nitrogens is 2. The number of carbonyl (C=O) groups excluding carboxylic acids is 2. The van der Waals surface area contributed by atoms with Gasteiger partial charge < -0.3 is 4.52 Å². The molecule has 0 bridgehead atoms. The second-order valence-electron chi connectivity index (χ2n) is 4.94. The highest BCUT2D eigenvalue weighted by atomic mass is 16.5. The number of rotatable bonds is 3. The van der Waals surface area contributed by atoms with Gasteiger partial charge in [0.05, 0.1) is 11.1 Å². The molecule has 0 saturated carbocycles. The van der Waals surface area contributed by atoms with Crippen molar-refractivity contribution in [2.24, 2.45) is 0 Å². The van der Waals surface area contributed by atoms with Crippen LogP contribution >= 0.6 is 0 Å². The van der Waals surface area contributed by atoms with Crippen LogP contribution in [-0.4, -0.2) is 26.9 Å². The largest absolute Gasteiger partial charge is 0.337 e. The Balaban J connectivity index is 1.86. The summed E-state index contributed by atoms with van der Waals surface area (Å²) in [5, 5.41) is 3.82. The summed E-state index contributed by atoms with van der Waals surface area (Å²) in [7, 11) is 0. The molecule has 1 aromatic heterocycles. The van der Waals surface area contributed by atoms with Gasteiger partial charge >= 0.3 is 0 Å². The Labute approximate surface area is 115 Å². The van der Waals surface area contributed by atoms with Crippen molar-refractivity contribution in [3.63, 3.8) is 0 Å². The van der Waals surface area contributed by atoms with Gasteiger partial charge in [0.25, 0.3) is 11.8 Å². The van der Waals surface area contributed by atoms with E-state index in [1.165, 1.54) is 0 Å². The van der Waals surface area contributed by atoms with Gasteiger partial charge in [-0.1, -0.05) is 31.1 Å². The average Bonchev–Trinajstić information content (AvgIpc) is 3.00. The molecule has 0 fully saturated rings. The van der Waals surface area contributed by atoms with Gasteiger partial charge in [0, 0.05) is 5.92 Å². The summed E-state index contributed by atoms with van der Waals surface area (Å²) < 4.78 is 5.08. The Hall–Kier alpha value is -2.50. The molecule has 102 valence electrons. The van der Waals surface area contributed by atoms with Crippen LogP contribution in [-0.2, 0) is 6.54 Å². The standard InChI is InChI=1S/C14H13N3O3/c1-8(2)12-15-11(20-16-12)7-17-13(18)9-5-3-4-6-10(9)14(17)19/h3-6,8H,7H2,1-2H3. The summed E-state index contributed by atoms with van der Waals surface area (Å²) in [5.74, 6) is 0.319. The number of imide groups is 1. The van der Waals surface area contributed by atoms with Gasteiger partial charge in [-0.15, -0.1) is 0 Å². The van der Waals surface area contributed by atoms with Gasteiger partial charge in [0.1, 0.15) is 6.54 Å². The highest BCUT2D eigenvalue weighted by molar-refractivity contribution is 6.21. The SMILES string of the molecule is CC(C)c1noc(CN2C(=O)c3ccccc3C2=O)n1. The van der Waals surface area contributed by atoms with Crippen LogP contribution in [0.5, 0.6) is 0 Å². The first kappa shape index (κ1) is 12.5. The Bertz CT molecular complexity index is 655. The molecule has 0 atom stereocenters. The van der Waals surface area contributed by atoms with Crippen molar-refractivity contribution >= 4 is 11.8 Å². The molecule has 0 spiro atoms. The molecule has 0 unspecified atom stereocenters. The van der Waals surface area contributed by atoms with Crippen molar-refractivity contribution in [2.45, 2.75) is 26.3 Å². The van der Waals surface area contributed by atoms with Gasteiger partial charge in [-0.05, 0) is 12.1 Å². The molecular formula is C14H13N3O3. The lowest BCUT2D eigenvalue weighted by Crippen LogP contribution is -2.29. The lowest BCUT2D eigenvalue weighted by Gasteiger charge is -2.09. The normalized spacial score (nSPS) is 14.2. The highest BCUT2D eigenvalue weighted by Crippen LogP contribution is 2.24. The number of hydrogen-bond acceptors (Lipinski definition) is 5. The number of benzene rings is 1. The van der Waals surface area contributed by atoms with E-state index in [-0.39, 0.29) is 30.2 Å². The molecule has 6 nitrogen and oxygen atoms in total. The van der Waals surface area contributed by atoms with E-state index in [0.29, 0.717) is 17.0 Å². The zero-order chi connectivity index (χ0) is 14.3. The maximum Gasteiger partial charge on any atom is 0.262 e. The second-order valence-corrected chi connectivity index (χ2v) is 4.94. The molecule has 0 saturated heterocycles. The number of hydrogen-bond donors (Lipinski definition) is 0. The third kappa shape index (κ3) is 1.89. The lowest BCUT2D eigenvalue weighted by molar-refractivity contribution is 0.0625. The summed E-state index contributed by atoms with van der Waals surface area (Å²) in [5.41, 5.74) is 0.835. The molecule has 2 amide bonds. The fourth-order valence-electron chi connectivity index (χ4n) is 2.08. The molecular weight excluding hydrogens is 258 g/mol. The van der Waals surface area contributed by atoms with E-state index < -0.39 is 0 Å². The van der Waals surface area contributed by atoms with E-state index in [1.54, 1.807) is 24.3 Å². The summed E-state index contributed by atoms with van der Waals surface area (Å²) in [4.78, 5) is 29.6. The van der Waals surface area contributed by atoms with E-state index in [4.69, 9.17) is 4.52 Å². The smallest absolute Gasteiger partial charge is 0.262 e. The fourth-order valence-corrected chi connectivity index (χ4v) is 2.08. The zero-order valence-corrected chi connectivity index (χ0v) is 11.2. The van der Waals surface area contributed by atoms with Crippen LogP contribution in [0, 0.1) is 0 Å². The Morgan fingerprint density at radius 3 is 2.25 bits per heavy atom. The summed E-state index contributed by atoms with van der Waals surface area (Å²) in [6.45, 7) is 3.89. The first-order valence-corrected chi connectivity index (χ1v) is 6.35. The monoisotopic (exact) mass is 271 g/mol. The van der Waals surface area contributed by atoms with Crippen molar-refractivity contribution in [3.05, 3.63) is 47.1 Å². The molecule has 0 aliphatic carbocycles. The summed E-state index contributed by atoms with van der Waals surface area (Å²) in [6, 6.07) is 6.75. The molecule has 2 heterocycles. The molecule has 1 aromatic carbocycles. The quantitative estimate of drug-likeness (QED) is 0.798. The second kappa shape index (κ2) is 4.56. The van der Waals surface area contributed by atoms with Crippen LogP contribution in [0.15, 0.2) is 28.8 Å². The number of nitrogens with zero attached hydrogens (tertiary/aromatic N) is 3. The van der Waals surface area contributed by atoms with Gasteiger partial charge in [-0.3, -0.25) is 14.5 Å². The van der Waals surface area contributed by atoms with Gasteiger partial charge in [0.15, 0.2) is 5.82 Å². The fraction of sp³-hybridized carbons (Fsp3) is 0.286. The maximum atomic E-state index is 12.2. The Morgan fingerprint density at radius 2 is 1.75 bits per heavy atom. The van der Waals surface area contributed by atoms with Crippen LogP contribution in [0.4, 0.5) is 0 Å². The Kier molecular flexibility index (Phi) is 2.85. The van der Waals surface area contributed by atoms with Crippen molar-refractivity contribution < 1.29 is 14.1 Å². The topological polar surface area (TPSA) is 76.3 Å². The van der Waals surface area contributed by atoms with E-state index in [0.717, 1.165) is 4.90 Å². The maximum absolute atomic E-state index is 12.2. The number of amides is 2. The lowest BCUT2D eigenvalue weighted by atomic mass is 10.1. The van der Waals surface area contributed by atoms with E-state index in [1.807, 2.05) is 13.8 Å². The Morgan fingerprint density at radius 1 is 1.15 bits per heavy atom. The predicted molar refractivity (Wildman–Crippen MR) is 69.0 cm³/mol. The molecule has 0 N–H and O–H groups in total. The van der Waals surface area contributed by atoms with Crippen LogP contribution in [0.1, 0.15) is 52.2 Å². The van der Waals surface area contributed by atoms with Crippen molar-refractivity contribution in [1.29, 1.82) is 0 Å². The van der Waals surface area contributed by atoms with Crippen molar-refractivity contribution in [1.82, 2.24) is 15.0 Å². The predicted octanol–water partition coefficient (Wildman–Crippen LogP) is 1.99. The first-order chi connectivity index (χ1) is 9.58. The van der Waals surface area contributed by atoms with Crippen molar-refractivity contribution in [3.8, 4) is 0 Å². The van der Waals surface area contributed by atoms with Gasteiger partial charge in [-0.2, -0.15) is 4.98 Å². The van der Waals surface area contributed by atoms with Crippen molar-refractivity contribution in [2.75, 3.05) is 0 Å². The first-order valence-electron chi connectivity index (χ1n) is 6.35. The van der Waals surface area contributed by atoms with Crippen LogP contribution in [0.25, 0.3) is 0 Å². The number of carbonyl (C=O) groups is 2. The molecule has 2 aromatic rings. The minimum Gasteiger partial charge on any atom is -0.337 e. The zero-order valence-electron chi connectivity index (χ0n) is 11.2. The van der Waals surface area contributed by atoms with Gasteiger partial charge in [0.2, 0.25) is 5.89 Å². The van der Waals surface area contributed by atoms with Gasteiger partial charge in [-0.25, -0.2) is 0 Å². The highest BCUT2D eigenvalue weighted by Gasteiger charge is 2.36. The molecule has 20 heavy (non-hydrogen) atoms. The summed E-state index contributed by atoms with van der Waals surface area (Å²) >= 11 is 0. The van der Waals surface area contributed by atoms with Crippen LogP contribution in [0.3, 0.4) is 0 Å². The third-order valence-electron chi connectivity index (χ3n) is 3.17. The molecule has 3 rings (SSSR count). The molecule has 6 heteroatoms. The molecule has 1 aliphatic heterocycles. The van der Waals surface area contributed by atoms with E-state index in [2.05, 4.69) is 10.1 Å². The third-order valence-corrected chi connectivity index (χ3v) is 3.17. The van der Waals surface area contributed by atoms with Crippen LogP contribution < -0.4 is 0 Å². The minimum absolute atomic E-state index is 0.00602. The number of fused-ring (bicyclic) bond motifs is 1. The van der Waals surface area contributed by atoms with E-state index >= 15 is 0 Å². The molecule has 0 radical (unpaired) electrons. The summed E-state index contributed by atoms with van der Waals surface area (Å²) in [6.07, 6.45) is 0. The van der Waals surface area contributed by atoms with E-state index in [9.17, 15) is 9.59 Å². The minimum atomic E-state index is -0.324. The average molecular weight is 271 g/mol. The van der Waals surface area contributed by atoms with Crippen LogP contribution in [0.2, 0.25) is 0 Å².